The van der Waals surface area contributed by atoms with Gasteiger partial charge in [-0.1, -0.05) is 0 Å². The highest BCUT2D eigenvalue weighted by Gasteiger charge is 2.28. The predicted molar refractivity (Wildman–Crippen MR) is 99.1 cm³/mol. The third-order valence-electron chi connectivity index (χ3n) is 4.43. The molecular formula is C19H24N2O7. The van der Waals surface area contributed by atoms with Gasteiger partial charge in [0.15, 0.2) is 0 Å². The van der Waals surface area contributed by atoms with Crippen LogP contribution >= 0.6 is 0 Å². The van der Waals surface area contributed by atoms with E-state index < -0.39 is 11.9 Å². The van der Waals surface area contributed by atoms with E-state index in [1.54, 1.807) is 11.8 Å². The first kappa shape index (κ1) is 21.2. The Morgan fingerprint density at radius 1 is 1.00 bits per heavy atom. The number of anilines is 1. The van der Waals surface area contributed by atoms with Crippen molar-refractivity contribution in [2.24, 2.45) is 5.92 Å². The highest BCUT2D eigenvalue weighted by atomic mass is 16.6. The second-order valence-electron chi connectivity index (χ2n) is 6.23. The number of methoxy groups -OCH3 is 2. The van der Waals surface area contributed by atoms with E-state index in [1.165, 1.54) is 32.4 Å². The summed E-state index contributed by atoms with van der Waals surface area (Å²) < 4.78 is 14.3. The Balaban J connectivity index is 2.08. The van der Waals surface area contributed by atoms with Crippen molar-refractivity contribution >= 4 is 29.6 Å². The van der Waals surface area contributed by atoms with Gasteiger partial charge >= 0.3 is 18.0 Å². The molecule has 1 heterocycles. The summed E-state index contributed by atoms with van der Waals surface area (Å²) in [6.45, 7) is 2.89. The average Bonchev–Trinajstić information content (AvgIpc) is 2.72. The van der Waals surface area contributed by atoms with Crippen LogP contribution in [-0.4, -0.2) is 62.8 Å². The Morgan fingerprint density at radius 2 is 1.54 bits per heavy atom. The largest absolute Gasteiger partial charge is 0.465 e. The van der Waals surface area contributed by atoms with E-state index in [1.807, 2.05) is 0 Å². The average molecular weight is 392 g/mol. The molecule has 0 aromatic heterocycles. The summed E-state index contributed by atoms with van der Waals surface area (Å²) in [6.07, 6.45) is 0.603. The molecule has 0 aliphatic carbocycles. The van der Waals surface area contributed by atoms with Crippen molar-refractivity contribution < 1.29 is 33.4 Å². The molecule has 2 rings (SSSR count). The maximum absolute atomic E-state index is 12.6. The van der Waals surface area contributed by atoms with Gasteiger partial charge in [-0.05, 0) is 38.0 Å². The predicted octanol–water partition coefficient (Wildman–Crippen LogP) is 2.07. The van der Waals surface area contributed by atoms with E-state index in [-0.39, 0.29) is 29.0 Å². The van der Waals surface area contributed by atoms with E-state index in [0.717, 1.165) is 0 Å². The maximum atomic E-state index is 12.6. The molecule has 0 radical (unpaired) electrons. The zero-order valence-electron chi connectivity index (χ0n) is 16.1. The summed E-state index contributed by atoms with van der Waals surface area (Å²) in [5.74, 6) is -1.82. The van der Waals surface area contributed by atoms with Gasteiger partial charge in [-0.25, -0.2) is 14.4 Å². The SMILES string of the molecule is CCOC(=O)N1CCC(C(=O)Nc2cc(C(=O)OC)cc(C(=O)OC)c2)CC1. The Morgan fingerprint density at radius 3 is 2.00 bits per heavy atom. The highest BCUT2D eigenvalue weighted by molar-refractivity contribution is 6.00. The zero-order chi connectivity index (χ0) is 20.7. The van der Waals surface area contributed by atoms with Gasteiger partial charge in [-0.15, -0.1) is 0 Å². The van der Waals surface area contributed by atoms with Gasteiger partial charge < -0.3 is 24.4 Å². The van der Waals surface area contributed by atoms with Crippen molar-refractivity contribution in [3.63, 3.8) is 0 Å². The Bertz CT molecular complexity index is 720. The van der Waals surface area contributed by atoms with Crippen molar-refractivity contribution in [2.75, 3.05) is 39.2 Å². The van der Waals surface area contributed by atoms with Crippen LogP contribution in [-0.2, 0) is 19.0 Å². The number of amides is 2. The number of piperidine rings is 1. The Hall–Kier alpha value is -3.10. The first-order valence-electron chi connectivity index (χ1n) is 8.93. The summed E-state index contributed by atoms with van der Waals surface area (Å²) in [4.78, 5) is 49.6. The molecule has 2 amide bonds. The van der Waals surface area contributed by atoms with E-state index in [4.69, 9.17) is 4.74 Å². The van der Waals surface area contributed by atoms with Gasteiger partial charge in [-0.2, -0.15) is 0 Å². The molecule has 0 atom stereocenters. The highest BCUT2D eigenvalue weighted by Crippen LogP contribution is 2.22. The van der Waals surface area contributed by atoms with Crippen molar-refractivity contribution in [3.8, 4) is 0 Å². The van der Waals surface area contributed by atoms with Crippen LogP contribution in [0.15, 0.2) is 18.2 Å². The lowest BCUT2D eigenvalue weighted by Gasteiger charge is -2.30. The number of nitrogens with one attached hydrogen (secondary N) is 1. The minimum Gasteiger partial charge on any atom is -0.465 e. The van der Waals surface area contributed by atoms with E-state index in [2.05, 4.69) is 14.8 Å². The molecule has 28 heavy (non-hydrogen) atoms. The van der Waals surface area contributed by atoms with Gasteiger partial charge in [0.25, 0.3) is 0 Å². The molecule has 1 fully saturated rings. The number of likely N-dealkylation sites (tertiary alicyclic amines) is 1. The lowest BCUT2D eigenvalue weighted by atomic mass is 9.96. The molecule has 9 heteroatoms. The van der Waals surface area contributed by atoms with Gasteiger partial charge in [0.05, 0.1) is 32.0 Å². The summed E-state index contributed by atoms with van der Waals surface area (Å²) in [5.41, 5.74) is 0.539. The number of hydrogen-bond donors (Lipinski definition) is 1. The summed E-state index contributed by atoms with van der Waals surface area (Å²) >= 11 is 0. The number of ether oxygens (including phenoxy) is 3. The van der Waals surface area contributed by atoms with Crippen molar-refractivity contribution in [3.05, 3.63) is 29.3 Å². The van der Waals surface area contributed by atoms with E-state index in [9.17, 15) is 19.2 Å². The third-order valence-corrected chi connectivity index (χ3v) is 4.43. The number of esters is 2. The molecule has 1 N–H and O–H groups in total. The molecule has 1 aliphatic rings. The van der Waals surface area contributed by atoms with Gasteiger partial charge in [0, 0.05) is 24.7 Å². The molecular weight excluding hydrogens is 368 g/mol. The fraction of sp³-hybridized carbons (Fsp3) is 0.474. The number of hydrogen-bond acceptors (Lipinski definition) is 7. The van der Waals surface area contributed by atoms with Crippen LogP contribution in [0.4, 0.5) is 10.5 Å². The normalized spacial score (nSPS) is 14.2. The van der Waals surface area contributed by atoms with Crippen molar-refractivity contribution in [1.82, 2.24) is 4.90 Å². The third kappa shape index (κ3) is 5.21. The van der Waals surface area contributed by atoms with Gasteiger partial charge in [-0.3, -0.25) is 4.79 Å². The summed E-state index contributed by atoms with van der Waals surface area (Å²) in [6, 6.07) is 4.21. The fourth-order valence-electron chi connectivity index (χ4n) is 2.95. The van der Waals surface area contributed by atoms with Crippen LogP contribution in [0.25, 0.3) is 0 Å². The molecule has 1 aliphatic heterocycles. The summed E-state index contributed by atoms with van der Waals surface area (Å²) in [5, 5.41) is 2.73. The minimum atomic E-state index is -0.635. The van der Waals surface area contributed by atoms with Crippen molar-refractivity contribution in [2.45, 2.75) is 19.8 Å². The second kappa shape index (κ2) is 9.72. The number of rotatable bonds is 5. The molecule has 9 nitrogen and oxygen atoms in total. The van der Waals surface area contributed by atoms with Crippen LogP contribution in [0, 0.1) is 5.92 Å². The molecule has 0 spiro atoms. The van der Waals surface area contributed by atoms with Crippen LogP contribution < -0.4 is 5.32 Å². The Labute approximate surface area is 162 Å². The lowest BCUT2D eigenvalue weighted by molar-refractivity contribution is -0.121. The maximum Gasteiger partial charge on any atom is 0.409 e. The Kier molecular flexibility index (Phi) is 7.36. The van der Waals surface area contributed by atoms with Gasteiger partial charge in [0.2, 0.25) is 5.91 Å². The first-order chi connectivity index (χ1) is 13.4. The standard InChI is InChI=1S/C19H24N2O7/c1-4-28-19(25)21-7-5-12(6-8-21)16(22)20-15-10-13(17(23)26-2)9-14(11-15)18(24)27-3/h9-12H,4-8H2,1-3H3,(H,20,22). The molecule has 1 aromatic carbocycles. The van der Waals surface area contributed by atoms with Gasteiger partial charge in [0.1, 0.15) is 0 Å². The van der Waals surface area contributed by atoms with E-state index >= 15 is 0 Å². The van der Waals surface area contributed by atoms with Crippen LogP contribution in [0.1, 0.15) is 40.5 Å². The lowest BCUT2D eigenvalue weighted by Crippen LogP contribution is -2.41. The fourth-order valence-corrected chi connectivity index (χ4v) is 2.95. The van der Waals surface area contributed by atoms with Crippen molar-refractivity contribution in [1.29, 1.82) is 0 Å². The monoisotopic (exact) mass is 392 g/mol. The van der Waals surface area contributed by atoms with Crippen LogP contribution in [0.3, 0.4) is 0 Å². The zero-order valence-corrected chi connectivity index (χ0v) is 16.1. The second-order valence-corrected chi connectivity index (χ2v) is 6.23. The van der Waals surface area contributed by atoms with Crippen LogP contribution in [0.5, 0.6) is 0 Å². The smallest absolute Gasteiger partial charge is 0.409 e. The molecule has 0 saturated carbocycles. The number of carbonyl (C=O) groups is 4. The number of benzene rings is 1. The molecule has 1 aromatic rings. The molecule has 0 bridgehead atoms. The minimum absolute atomic E-state index is 0.123. The summed E-state index contributed by atoms with van der Waals surface area (Å²) in [7, 11) is 2.45. The number of nitrogens with zero attached hydrogens (tertiary/aromatic N) is 1. The quantitative estimate of drug-likeness (QED) is 0.603. The topological polar surface area (TPSA) is 111 Å². The molecule has 152 valence electrons. The van der Waals surface area contributed by atoms with Crippen LogP contribution in [0.2, 0.25) is 0 Å². The molecule has 1 saturated heterocycles. The van der Waals surface area contributed by atoms with E-state index in [0.29, 0.717) is 38.2 Å². The number of carbonyl (C=O) groups excluding carboxylic acids is 4. The first-order valence-corrected chi connectivity index (χ1v) is 8.93. The molecule has 0 unspecified atom stereocenters.